The largest absolute Gasteiger partial charge is 0.481 e. The van der Waals surface area contributed by atoms with Gasteiger partial charge in [-0.05, 0) is 37.2 Å². The molecule has 20 heavy (non-hydrogen) atoms. The van der Waals surface area contributed by atoms with E-state index in [1.807, 2.05) is 24.3 Å². The van der Waals surface area contributed by atoms with Gasteiger partial charge >= 0.3 is 0 Å². The van der Waals surface area contributed by atoms with Crippen LogP contribution in [0, 0.1) is 0 Å². The highest BCUT2D eigenvalue weighted by Gasteiger charge is 2.18. The monoisotopic (exact) mass is 290 g/mol. The number of hydrogen-bond donors (Lipinski definition) is 2. The standard InChI is InChI=1S/C14H15ClN4O/c1-20-13-11-6-7-16-8-12(11)18-14(19-13)17-10-4-2-9(15)3-5-10/h2-5,16H,6-8H2,1H3,(H,17,18,19). The third kappa shape index (κ3) is 2.69. The molecule has 0 spiro atoms. The van der Waals surface area contributed by atoms with Gasteiger partial charge in [-0.3, -0.25) is 0 Å². The average molecular weight is 291 g/mol. The highest BCUT2D eigenvalue weighted by Crippen LogP contribution is 2.25. The Labute approximate surface area is 122 Å². The minimum atomic E-state index is 0.534. The number of aromatic nitrogens is 2. The van der Waals surface area contributed by atoms with Crippen LogP contribution in [-0.2, 0) is 13.0 Å². The number of anilines is 2. The Morgan fingerprint density at radius 2 is 2.05 bits per heavy atom. The Morgan fingerprint density at radius 1 is 1.25 bits per heavy atom. The lowest BCUT2D eigenvalue weighted by Gasteiger charge is -2.19. The highest BCUT2D eigenvalue weighted by atomic mass is 35.5. The van der Waals surface area contributed by atoms with Gasteiger partial charge in [-0.25, -0.2) is 4.98 Å². The fraction of sp³-hybridized carbons (Fsp3) is 0.286. The second-order valence-corrected chi connectivity index (χ2v) is 4.98. The zero-order valence-electron chi connectivity index (χ0n) is 11.1. The van der Waals surface area contributed by atoms with Gasteiger partial charge in [-0.1, -0.05) is 11.6 Å². The van der Waals surface area contributed by atoms with Gasteiger partial charge in [0.25, 0.3) is 0 Å². The van der Waals surface area contributed by atoms with Gasteiger partial charge < -0.3 is 15.4 Å². The fourth-order valence-electron chi connectivity index (χ4n) is 2.21. The first-order valence-corrected chi connectivity index (χ1v) is 6.81. The van der Waals surface area contributed by atoms with Gasteiger partial charge in [0, 0.05) is 22.8 Å². The zero-order chi connectivity index (χ0) is 13.9. The van der Waals surface area contributed by atoms with Crippen LogP contribution in [0.1, 0.15) is 11.3 Å². The molecule has 2 heterocycles. The first-order valence-electron chi connectivity index (χ1n) is 6.43. The highest BCUT2D eigenvalue weighted by molar-refractivity contribution is 6.30. The number of fused-ring (bicyclic) bond motifs is 1. The average Bonchev–Trinajstić information content (AvgIpc) is 2.49. The Balaban J connectivity index is 1.91. The number of rotatable bonds is 3. The van der Waals surface area contributed by atoms with Gasteiger partial charge in [0.1, 0.15) is 0 Å². The normalized spacial score (nSPS) is 13.7. The summed E-state index contributed by atoms with van der Waals surface area (Å²) in [5.74, 6) is 1.18. The SMILES string of the molecule is COc1nc(Nc2ccc(Cl)cc2)nc2c1CCNC2. The van der Waals surface area contributed by atoms with E-state index in [4.69, 9.17) is 16.3 Å². The first kappa shape index (κ1) is 13.1. The van der Waals surface area contributed by atoms with Crippen molar-refractivity contribution in [2.45, 2.75) is 13.0 Å². The van der Waals surface area contributed by atoms with E-state index < -0.39 is 0 Å². The van der Waals surface area contributed by atoms with Crippen molar-refractivity contribution in [2.75, 3.05) is 19.0 Å². The van der Waals surface area contributed by atoms with Crippen molar-refractivity contribution in [1.82, 2.24) is 15.3 Å². The van der Waals surface area contributed by atoms with Crippen LogP contribution in [0.25, 0.3) is 0 Å². The molecule has 2 N–H and O–H groups in total. The molecule has 0 atom stereocenters. The van der Waals surface area contributed by atoms with Crippen molar-refractivity contribution in [3.05, 3.63) is 40.5 Å². The van der Waals surface area contributed by atoms with Crippen molar-refractivity contribution >= 4 is 23.2 Å². The van der Waals surface area contributed by atoms with Crippen LogP contribution in [0.15, 0.2) is 24.3 Å². The molecule has 1 aliphatic heterocycles. The number of methoxy groups -OCH3 is 1. The third-order valence-corrected chi connectivity index (χ3v) is 3.44. The summed E-state index contributed by atoms with van der Waals surface area (Å²) in [5, 5.41) is 7.16. The van der Waals surface area contributed by atoms with Gasteiger partial charge in [0.2, 0.25) is 11.8 Å². The van der Waals surface area contributed by atoms with Crippen LogP contribution in [0.2, 0.25) is 5.02 Å². The van der Waals surface area contributed by atoms with Crippen LogP contribution in [0.3, 0.4) is 0 Å². The molecular formula is C14H15ClN4O. The van der Waals surface area contributed by atoms with Crippen LogP contribution in [-0.4, -0.2) is 23.6 Å². The fourth-order valence-corrected chi connectivity index (χ4v) is 2.34. The van der Waals surface area contributed by atoms with Crippen LogP contribution < -0.4 is 15.4 Å². The third-order valence-electron chi connectivity index (χ3n) is 3.19. The molecule has 0 bridgehead atoms. The second-order valence-electron chi connectivity index (χ2n) is 4.54. The molecule has 3 rings (SSSR count). The number of hydrogen-bond acceptors (Lipinski definition) is 5. The van der Waals surface area contributed by atoms with Crippen LogP contribution in [0.5, 0.6) is 5.88 Å². The maximum absolute atomic E-state index is 5.87. The molecule has 2 aromatic rings. The van der Waals surface area contributed by atoms with Crippen molar-refractivity contribution in [3.8, 4) is 5.88 Å². The van der Waals surface area contributed by atoms with Crippen molar-refractivity contribution in [1.29, 1.82) is 0 Å². The summed E-state index contributed by atoms with van der Waals surface area (Å²) in [7, 11) is 1.64. The van der Waals surface area contributed by atoms with Crippen LogP contribution >= 0.6 is 11.6 Å². The summed E-state index contributed by atoms with van der Waals surface area (Å²) < 4.78 is 5.37. The number of benzene rings is 1. The maximum atomic E-state index is 5.87. The van der Waals surface area contributed by atoms with Gasteiger partial charge in [-0.2, -0.15) is 4.98 Å². The molecule has 0 radical (unpaired) electrons. The van der Waals surface area contributed by atoms with Gasteiger partial charge in [-0.15, -0.1) is 0 Å². The Hall–Kier alpha value is -1.85. The van der Waals surface area contributed by atoms with E-state index in [0.717, 1.165) is 36.5 Å². The van der Waals surface area contributed by atoms with E-state index in [1.54, 1.807) is 7.11 Å². The minimum Gasteiger partial charge on any atom is -0.481 e. The summed E-state index contributed by atoms with van der Waals surface area (Å²) in [6, 6.07) is 7.41. The molecule has 1 aromatic heterocycles. The lowest BCUT2D eigenvalue weighted by atomic mass is 10.1. The number of halogens is 1. The second kappa shape index (κ2) is 5.64. The molecule has 0 fully saturated rings. The summed E-state index contributed by atoms with van der Waals surface area (Å²) in [5.41, 5.74) is 2.97. The molecule has 6 heteroatoms. The molecule has 0 saturated carbocycles. The summed E-state index contributed by atoms with van der Waals surface area (Å²) in [6.07, 6.45) is 0.889. The van der Waals surface area contributed by atoms with Gasteiger partial charge in [0.05, 0.1) is 12.8 Å². The van der Waals surface area contributed by atoms with Gasteiger partial charge in [0.15, 0.2) is 0 Å². The van der Waals surface area contributed by atoms with Crippen LogP contribution in [0.4, 0.5) is 11.6 Å². The Kier molecular flexibility index (Phi) is 3.71. The smallest absolute Gasteiger partial charge is 0.230 e. The van der Waals surface area contributed by atoms with Crippen molar-refractivity contribution in [3.63, 3.8) is 0 Å². The molecule has 5 nitrogen and oxygen atoms in total. The van der Waals surface area contributed by atoms with E-state index in [-0.39, 0.29) is 0 Å². The number of ether oxygens (including phenoxy) is 1. The van der Waals surface area contributed by atoms with E-state index in [1.165, 1.54) is 0 Å². The zero-order valence-corrected chi connectivity index (χ0v) is 11.9. The lowest BCUT2D eigenvalue weighted by molar-refractivity contribution is 0.387. The molecular weight excluding hydrogens is 276 g/mol. The molecule has 0 unspecified atom stereocenters. The molecule has 0 amide bonds. The molecule has 0 saturated heterocycles. The molecule has 1 aromatic carbocycles. The van der Waals surface area contributed by atoms with E-state index in [9.17, 15) is 0 Å². The first-order chi connectivity index (χ1) is 9.76. The van der Waals surface area contributed by atoms with Crippen molar-refractivity contribution < 1.29 is 4.74 Å². The van der Waals surface area contributed by atoms with E-state index in [2.05, 4.69) is 20.6 Å². The maximum Gasteiger partial charge on any atom is 0.230 e. The quantitative estimate of drug-likeness (QED) is 0.910. The predicted molar refractivity (Wildman–Crippen MR) is 78.7 cm³/mol. The predicted octanol–water partition coefficient (Wildman–Crippen LogP) is 2.53. The molecule has 0 aliphatic carbocycles. The topological polar surface area (TPSA) is 59.1 Å². The minimum absolute atomic E-state index is 0.534. The van der Waals surface area contributed by atoms with Crippen molar-refractivity contribution in [2.24, 2.45) is 0 Å². The number of nitrogens with zero attached hydrogens (tertiary/aromatic N) is 2. The summed E-state index contributed by atoms with van der Waals surface area (Å²) in [4.78, 5) is 8.96. The van der Waals surface area contributed by atoms with E-state index in [0.29, 0.717) is 16.9 Å². The number of nitrogens with one attached hydrogen (secondary N) is 2. The molecule has 1 aliphatic rings. The molecule has 104 valence electrons. The summed E-state index contributed by atoms with van der Waals surface area (Å²) in [6.45, 7) is 1.67. The Bertz CT molecular complexity index is 598. The Morgan fingerprint density at radius 3 is 2.80 bits per heavy atom. The summed E-state index contributed by atoms with van der Waals surface area (Å²) >= 11 is 5.87. The lowest BCUT2D eigenvalue weighted by Crippen LogP contribution is -2.26. The van der Waals surface area contributed by atoms with E-state index >= 15 is 0 Å².